The normalized spacial score (nSPS) is 11.2. The lowest BCUT2D eigenvalue weighted by Crippen LogP contribution is -1.97. The van der Waals surface area contributed by atoms with Crippen molar-refractivity contribution in [1.29, 1.82) is 0 Å². The van der Waals surface area contributed by atoms with Gasteiger partial charge >= 0.3 is 0 Å². The first-order valence-electron chi connectivity index (χ1n) is 6.38. The molecule has 0 saturated carbocycles. The summed E-state index contributed by atoms with van der Waals surface area (Å²) in [6.45, 7) is 0. The van der Waals surface area contributed by atoms with Crippen LogP contribution in [0.15, 0.2) is 49.2 Å². The Morgan fingerprint density at radius 1 is 1.14 bits per heavy atom. The first-order chi connectivity index (χ1) is 10.7. The van der Waals surface area contributed by atoms with Gasteiger partial charge in [0, 0.05) is 29.7 Å². The van der Waals surface area contributed by atoms with Crippen LogP contribution >= 0.6 is 22.6 Å². The zero-order chi connectivity index (χ0) is 15.1. The number of hydrogen-bond donors (Lipinski definition) is 0. The molecule has 4 aromatic heterocycles. The zero-order valence-corrected chi connectivity index (χ0v) is 13.2. The van der Waals surface area contributed by atoms with Crippen LogP contribution in [0.5, 0.6) is 0 Å². The van der Waals surface area contributed by atoms with Crippen LogP contribution in [0.4, 0.5) is 4.39 Å². The highest BCUT2D eigenvalue weighted by molar-refractivity contribution is 14.1. The molecule has 0 aliphatic carbocycles. The second-order valence-corrected chi connectivity index (χ2v) is 5.67. The molecule has 22 heavy (non-hydrogen) atoms. The number of hydrogen-bond acceptors (Lipinski definition) is 4. The Kier molecular flexibility index (Phi) is 3.10. The van der Waals surface area contributed by atoms with E-state index in [2.05, 4.69) is 42.8 Å². The molecule has 0 bridgehead atoms. The average Bonchev–Trinajstić information content (AvgIpc) is 3.13. The van der Waals surface area contributed by atoms with E-state index in [4.69, 9.17) is 0 Å². The molecule has 108 valence electrons. The summed E-state index contributed by atoms with van der Waals surface area (Å²) in [7, 11) is 0. The number of aromatic nitrogens is 6. The van der Waals surface area contributed by atoms with Crippen molar-refractivity contribution in [3.8, 4) is 16.8 Å². The fraction of sp³-hybridized carbons (Fsp3) is 0. The van der Waals surface area contributed by atoms with Gasteiger partial charge in [0.2, 0.25) is 5.95 Å². The van der Waals surface area contributed by atoms with Gasteiger partial charge in [-0.25, -0.2) is 19.2 Å². The van der Waals surface area contributed by atoms with E-state index in [0.717, 1.165) is 9.39 Å². The molecular formula is C14H8FIN6. The molecule has 0 atom stereocenters. The third kappa shape index (κ3) is 2.15. The second-order valence-electron chi connectivity index (χ2n) is 4.56. The molecule has 0 N–H and O–H groups in total. The molecule has 0 aliphatic heterocycles. The van der Waals surface area contributed by atoms with E-state index in [1.54, 1.807) is 39.9 Å². The zero-order valence-electron chi connectivity index (χ0n) is 11.1. The first-order valence-corrected chi connectivity index (χ1v) is 7.46. The quantitative estimate of drug-likeness (QED) is 0.292. The lowest BCUT2D eigenvalue weighted by molar-refractivity contribution is 0.587. The van der Waals surface area contributed by atoms with Crippen molar-refractivity contribution in [2.75, 3.05) is 0 Å². The predicted molar refractivity (Wildman–Crippen MR) is 86.0 cm³/mol. The Morgan fingerprint density at radius 3 is 2.91 bits per heavy atom. The largest absolute Gasteiger partial charge is 0.235 e. The standard InChI is InChI=1S/C14H8FIN6/c15-13-10(2-1-4-17-13)9-6-18-22(8-9)11-7-19-21-5-3-12(16)20-14(11)21/h1-8H. The molecule has 4 rings (SSSR count). The molecule has 6 nitrogen and oxygen atoms in total. The Balaban J connectivity index is 1.84. The molecular weight excluding hydrogens is 398 g/mol. The predicted octanol–water partition coefficient (Wildman–Crippen LogP) is 2.72. The first kappa shape index (κ1) is 13.3. The molecule has 0 aliphatic rings. The fourth-order valence-electron chi connectivity index (χ4n) is 2.19. The van der Waals surface area contributed by atoms with E-state index < -0.39 is 5.95 Å². The van der Waals surface area contributed by atoms with Gasteiger partial charge in [-0.1, -0.05) is 0 Å². The SMILES string of the molecule is Fc1ncccc1-c1cnn(-c2cnn3ccc(I)nc23)c1. The Labute approximate surface area is 137 Å². The van der Waals surface area contributed by atoms with Crippen molar-refractivity contribution in [1.82, 2.24) is 29.4 Å². The molecule has 4 aromatic rings. The number of halogens is 2. The van der Waals surface area contributed by atoms with Crippen molar-refractivity contribution in [3.05, 3.63) is 58.8 Å². The Bertz CT molecular complexity index is 976. The summed E-state index contributed by atoms with van der Waals surface area (Å²) in [5, 5.41) is 8.52. The van der Waals surface area contributed by atoms with Crippen LogP contribution in [-0.4, -0.2) is 29.4 Å². The minimum absolute atomic E-state index is 0.410. The molecule has 0 saturated heterocycles. The van der Waals surface area contributed by atoms with E-state index in [9.17, 15) is 4.39 Å². The van der Waals surface area contributed by atoms with Crippen LogP contribution in [0.2, 0.25) is 0 Å². The smallest absolute Gasteiger partial charge is 0.220 e. The van der Waals surface area contributed by atoms with Gasteiger partial charge in [0.25, 0.3) is 0 Å². The molecule has 0 radical (unpaired) electrons. The van der Waals surface area contributed by atoms with E-state index in [-0.39, 0.29) is 0 Å². The molecule has 4 heterocycles. The molecule has 0 fully saturated rings. The van der Waals surface area contributed by atoms with E-state index >= 15 is 0 Å². The fourth-order valence-corrected chi connectivity index (χ4v) is 2.58. The van der Waals surface area contributed by atoms with Crippen LogP contribution < -0.4 is 0 Å². The third-order valence-corrected chi connectivity index (χ3v) is 3.82. The highest BCUT2D eigenvalue weighted by Gasteiger charge is 2.12. The van der Waals surface area contributed by atoms with Gasteiger partial charge in [0.15, 0.2) is 5.65 Å². The van der Waals surface area contributed by atoms with Gasteiger partial charge in [-0.2, -0.15) is 14.6 Å². The molecule has 0 spiro atoms. The summed E-state index contributed by atoms with van der Waals surface area (Å²) in [4.78, 5) is 8.11. The van der Waals surface area contributed by atoms with Crippen molar-refractivity contribution in [3.63, 3.8) is 0 Å². The second kappa shape index (κ2) is 5.13. The van der Waals surface area contributed by atoms with Gasteiger partial charge in [-0.15, -0.1) is 0 Å². The number of pyridine rings is 1. The highest BCUT2D eigenvalue weighted by Crippen LogP contribution is 2.22. The third-order valence-electron chi connectivity index (χ3n) is 3.22. The molecule has 0 unspecified atom stereocenters. The van der Waals surface area contributed by atoms with Gasteiger partial charge in [0.1, 0.15) is 9.39 Å². The summed E-state index contributed by atoms with van der Waals surface area (Å²) >= 11 is 2.14. The topological polar surface area (TPSA) is 60.9 Å². The number of fused-ring (bicyclic) bond motifs is 1. The van der Waals surface area contributed by atoms with E-state index in [1.165, 1.54) is 6.20 Å². The minimum Gasteiger partial charge on any atom is -0.235 e. The molecule has 8 heteroatoms. The maximum atomic E-state index is 13.8. The summed E-state index contributed by atoms with van der Waals surface area (Å²) in [5.74, 6) is -0.519. The lowest BCUT2D eigenvalue weighted by atomic mass is 10.2. The molecule has 0 amide bonds. The van der Waals surface area contributed by atoms with Crippen LogP contribution in [0.1, 0.15) is 0 Å². The van der Waals surface area contributed by atoms with Crippen molar-refractivity contribution >= 4 is 28.2 Å². The van der Waals surface area contributed by atoms with Gasteiger partial charge in [0.05, 0.1) is 12.4 Å². The maximum Gasteiger partial charge on any atom is 0.220 e. The Morgan fingerprint density at radius 2 is 2.05 bits per heavy atom. The summed E-state index contributed by atoms with van der Waals surface area (Å²) in [6, 6.07) is 5.22. The van der Waals surface area contributed by atoms with Crippen molar-refractivity contribution in [2.45, 2.75) is 0 Å². The number of rotatable bonds is 2. The molecule has 0 aromatic carbocycles. The van der Waals surface area contributed by atoms with Gasteiger partial charge < -0.3 is 0 Å². The summed E-state index contributed by atoms with van der Waals surface area (Å²) in [5.41, 5.74) is 2.48. The van der Waals surface area contributed by atoms with Crippen LogP contribution in [-0.2, 0) is 0 Å². The monoisotopic (exact) mass is 406 g/mol. The van der Waals surface area contributed by atoms with Crippen molar-refractivity contribution in [2.24, 2.45) is 0 Å². The van der Waals surface area contributed by atoms with Crippen LogP contribution in [0.25, 0.3) is 22.5 Å². The van der Waals surface area contributed by atoms with Gasteiger partial charge in [-0.05, 0) is 40.8 Å². The minimum atomic E-state index is -0.519. The summed E-state index contributed by atoms with van der Waals surface area (Å²) < 4.78 is 17.9. The summed E-state index contributed by atoms with van der Waals surface area (Å²) in [6.07, 6.45) is 8.25. The van der Waals surface area contributed by atoms with Crippen LogP contribution in [0.3, 0.4) is 0 Å². The number of nitrogens with zero attached hydrogens (tertiary/aromatic N) is 6. The van der Waals surface area contributed by atoms with E-state index in [0.29, 0.717) is 16.8 Å². The maximum absolute atomic E-state index is 13.8. The lowest BCUT2D eigenvalue weighted by Gasteiger charge is -1.99. The van der Waals surface area contributed by atoms with Gasteiger partial charge in [-0.3, -0.25) is 0 Å². The average molecular weight is 406 g/mol. The van der Waals surface area contributed by atoms with E-state index in [1.807, 2.05) is 12.3 Å². The Hall–Kier alpha value is -2.36. The highest BCUT2D eigenvalue weighted by atomic mass is 127. The van der Waals surface area contributed by atoms with Crippen molar-refractivity contribution < 1.29 is 4.39 Å². The van der Waals surface area contributed by atoms with Crippen LogP contribution in [0, 0.1) is 9.65 Å².